The van der Waals surface area contributed by atoms with Crippen LogP contribution in [0.2, 0.25) is 0 Å². The Morgan fingerprint density at radius 3 is 2.86 bits per heavy atom. The molecule has 1 heterocycles. The Balaban J connectivity index is 2.09. The molecular formula is C10H12N2O2. The molecule has 3 N–H and O–H groups in total. The van der Waals surface area contributed by atoms with Gasteiger partial charge in [0.25, 0.3) is 0 Å². The number of phenols is 2. The van der Waals surface area contributed by atoms with E-state index in [2.05, 4.69) is 10.3 Å². The molecule has 0 bridgehead atoms. The van der Waals surface area contributed by atoms with Crippen LogP contribution in [0.4, 0.5) is 0 Å². The molecule has 0 amide bonds. The van der Waals surface area contributed by atoms with Crippen molar-refractivity contribution in [3.8, 4) is 11.5 Å². The number of phenolic OH excluding ortho intramolecular Hbond substituents is 2. The van der Waals surface area contributed by atoms with E-state index >= 15 is 0 Å². The molecule has 4 nitrogen and oxygen atoms in total. The summed E-state index contributed by atoms with van der Waals surface area (Å²) < 4.78 is 0. The lowest BCUT2D eigenvalue weighted by atomic mass is 10.1. The maximum Gasteiger partial charge on any atom is 0.157 e. The summed E-state index contributed by atoms with van der Waals surface area (Å²) in [5, 5.41) is 21.4. The molecule has 0 aliphatic carbocycles. The van der Waals surface area contributed by atoms with E-state index in [0.717, 1.165) is 18.5 Å². The molecule has 1 aliphatic heterocycles. The van der Waals surface area contributed by atoms with Gasteiger partial charge in [-0.2, -0.15) is 0 Å². The van der Waals surface area contributed by atoms with Crippen molar-refractivity contribution in [3.05, 3.63) is 23.8 Å². The maximum absolute atomic E-state index is 9.27. The predicted octanol–water partition coefficient (Wildman–Crippen LogP) is 0.640. The average Bonchev–Trinajstić information content (AvgIpc) is 2.64. The summed E-state index contributed by atoms with van der Waals surface area (Å²) in [7, 11) is 0. The molecule has 2 rings (SSSR count). The van der Waals surface area contributed by atoms with Crippen LogP contribution in [0.15, 0.2) is 23.2 Å². The topological polar surface area (TPSA) is 64.8 Å². The predicted molar refractivity (Wildman–Crippen MR) is 53.8 cm³/mol. The van der Waals surface area contributed by atoms with Gasteiger partial charge in [-0.1, -0.05) is 6.07 Å². The highest BCUT2D eigenvalue weighted by Crippen LogP contribution is 2.25. The van der Waals surface area contributed by atoms with Gasteiger partial charge in [0, 0.05) is 6.54 Å². The Morgan fingerprint density at radius 2 is 2.21 bits per heavy atom. The van der Waals surface area contributed by atoms with E-state index in [1.165, 1.54) is 6.07 Å². The standard InChI is InChI=1S/C10H12N2O2/c13-9-2-1-7(4-10(9)14)3-8-5-11-6-12-8/h1-2,4,6,8,13-14H,3,5H2,(H,11,12)/t8-/m1/s1. The Hall–Kier alpha value is -1.71. The molecule has 14 heavy (non-hydrogen) atoms. The first kappa shape index (κ1) is 8.87. The second-order valence-corrected chi connectivity index (χ2v) is 3.37. The van der Waals surface area contributed by atoms with Gasteiger partial charge in [-0.15, -0.1) is 0 Å². The lowest BCUT2D eigenvalue weighted by molar-refractivity contribution is 0.403. The van der Waals surface area contributed by atoms with Crippen molar-refractivity contribution < 1.29 is 10.2 Å². The van der Waals surface area contributed by atoms with Gasteiger partial charge in [-0.25, -0.2) is 0 Å². The van der Waals surface area contributed by atoms with Crippen molar-refractivity contribution in [1.82, 2.24) is 5.32 Å². The first-order chi connectivity index (χ1) is 6.75. The van der Waals surface area contributed by atoms with Gasteiger partial charge in [0.2, 0.25) is 0 Å². The molecule has 4 heteroatoms. The van der Waals surface area contributed by atoms with Crippen LogP contribution >= 0.6 is 0 Å². The maximum atomic E-state index is 9.27. The number of hydrogen-bond donors (Lipinski definition) is 3. The molecule has 74 valence electrons. The van der Waals surface area contributed by atoms with Gasteiger partial charge in [-0.05, 0) is 24.1 Å². The number of nitrogens with one attached hydrogen (secondary N) is 1. The summed E-state index contributed by atoms with van der Waals surface area (Å²) >= 11 is 0. The van der Waals surface area contributed by atoms with Crippen LogP contribution < -0.4 is 5.32 Å². The Kier molecular flexibility index (Phi) is 2.26. The summed E-state index contributed by atoms with van der Waals surface area (Å²) in [6, 6.07) is 5.10. The van der Waals surface area contributed by atoms with Crippen molar-refractivity contribution in [2.24, 2.45) is 4.99 Å². The molecular weight excluding hydrogens is 180 g/mol. The number of aromatic hydroxyl groups is 2. The summed E-state index contributed by atoms with van der Waals surface area (Å²) in [5.74, 6) is -0.153. The van der Waals surface area contributed by atoms with Gasteiger partial charge < -0.3 is 15.5 Å². The van der Waals surface area contributed by atoms with Crippen LogP contribution in [0, 0.1) is 0 Å². The highest BCUT2D eigenvalue weighted by Gasteiger charge is 2.11. The lowest BCUT2D eigenvalue weighted by Gasteiger charge is -2.07. The summed E-state index contributed by atoms with van der Waals surface area (Å²) in [6.45, 7) is 0.835. The van der Waals surface area contributed by atoms with E-state index < -0.39 is 0 Å². The third kappa shape index (κ3) is 1.79. The second kappa shape index (κ2) is 3.57. The molecule has 0 fully saturated rings. The van der Waals surface area contributed by atoms with Crippen molar-refractivity contribution in [3.63, 3.8) is 0 Å². The Labute approximate surface area is 81.9 Å². The van der Waals surface area contributed by atoms with Crippen molar-refractivity contribution in [2.45, 2.75) is 12.5 Å². The molecule has 0 saturated heterocycles. The molecule has 1 aromatic carbocycles. The minimum Gasteiger partial charge on any atom is -0.504 e. The highest BCUT2D eigenvalue weighted by molar-refractivity contribution is 5.57. The summed E-state index contributed by atoms with van der Waals surface area (Å²) in [5.41, 5.74) is 0.978. The van der Waals surface area contributed by atoms with E-state index in [4.69, 9.17) is 5.11 Å². The summed E-state index contributed by atoms with van der Waals surface area (Å²) in [6.07, 6.45) is 2.47. The van der Waals surface area contributed by atoms with Crippen LogP contribution in [-0.4, -0.2) is 29.1 Å². The van der Waals surface area contributed by atoms with E-state index in [1.807, 2.05) is 0 Å². The fraction of sp³-hybridized carbons (Fsp3) is 0.300. The number of benzene rings is 1. The van der Waals surface area contributed by atoms with Gasteiger partial charge in [0.1, 0.15) is 0 Å². The van der Waals surface area contributed by atoms with Crippen molar-refractivity contribution in [2.75, 3.05) is 6.54 Å². The van der Waals surface area contributed by atoms with Gasteiger partial charge in [-0.3, -0.25) is 4.99 Å². The Morgan fingerprint density at radius 1 is 1.36 bits per heavy atom. The number of hydrogen-bond acceptors (Lipinski definition) is 4. The number of nitrogens with zero attached hydrogens (tertiary/aromatic N) is 1. The fourth-order valence-corrected chi connectivity index (χ4v) is 1.49. The normalized spacial score (nSPS) is 19.6. The van der Waals surface area contributed by atoms with Crippen LogP contribution in [0.3, 0.4) is 0 Å². The molecule has 0 saturated carbocycles. The largest absolute Gasteiger partial charge is 0.504 e. The first-order valence-electron chi connectivity index (χ1n) is 4.51. The third-order valence-corrected chi connectivity index (χ3v) is 2.24. The van der Waals surface area contributed by atoms with Gasteiger partial charge >= 0.3 is 0 Å². The van der Waals surface area contributed by atoms with Crippen LogP contribution in [0.5, 0.6) is 11.5 Å². The van der Waals surface area contributed by atoms with Crippen LogP contribution in [0.1, 0.15) is 5.56 Å². The minimum atomic E-state index is -0.0817. The van der Waals surface area contributed by atoms with Crippen LogP contribution in [-0.2, 0) is 6.42 Å². The van der Waals surface area contributed by atoms with E-state index in [-0.39, 0.29) is 17.5 Å². The summed E-state index contributed by atoms with van der Waals surface area (Å²) in [4.78, 5) is 4.20. The SMILES string of the molecule is Oc1ccc(C[C@@H]2CNC=N2)cc1O. The third-order valence-electron chi connectivity index (χ3n) is 2.24. The quantitative estimate of drug-likeness (QED) is 0.602. The smallest absolute Gasteiger partial charge is 0.157 e. The zero-order valence-corrected chi connectivity index (χ0v) is 7.64. The molecule has 1 aliphatic rings. The van der Waals surface area contributed by atoms with E-state index in [1.54, 1.807) is 18.5 Å². The molecule has 0 unspecified atom stereocenters. The molecule has 0 radical (unpaired) electrons. The second-order valence-electron chi connectivity index (χ2n) is 3.37. The number of aliphatic imine (C=N–C) groups is 1. The molecule has 1 aromatic rings. The van der Waals surface area contributed by atoms with Crippen molar-refractivity contribution >= 4 is 6.34 Å². The monoisotopic (exact) mass is 192 g/mol. The molecule has 0 spiro atoms. The number of rotatable bonds is 2. The molecule has 0 aromatic heterocycles. The molecule has 1 atom stereocenters. The van der Waals surface area contributed by atoms with E-state index in [0.29, 0.717) is 0 Å². The average molecular weight is 192 g/mol. The zero-order chi connectivity index (χ0) is 9.97. The lowest BCUT2D eigenvalue weighted by Crippen LogP contribution is -2.17. The fourth-order valence-electron chi connectivity index (χ4n) is 1.49. The minimum absolute atomic E-state index is 0.0718. The zero-order valence-electron chi connectivity index (χ0n) is 7.64. The van der Waals surface area contributed by atoms with Crippen LogP contribution in [0.25, 0.3) is 0 Å². The first-order valence-corrected chi connectivity index (χ1v) is 4.51. The van der Waals surface area contributed by atoms with Gasteiger partial charge in [0.15, 0.2) is 11.5 Å². The highest BCUT2D eigenvalue weighted by atomic mass is 16.3. The van der Waals surface area contributed by atoms with E-state index in [9.17, 15) is 5.11 Å². The van der Waals surface area contributed by atoms with Gasteiger partial charge in [0.05, 0.1) is 12.4 Å². The Bertz CT molecular complexity index is 363. The van der Waals surface area contributed by atoms with Crippen molar-refractivity contribution in [1.29, 1.82) is 0 Å².